The topological polar surface area (TPSA) is 58.6 Å². The van der Waals surface area contributed by atoms with Crippen LogP contribution in [-0.4, -0.2) is 29.3 Å². The Labute approximate surface area is 114 Å². The number of nitrogens with one attached hydrogen (secondary N) is 1. The maximum atomic E-state index is 10.9. The molecule has 0 aromatic heterocycles. The largest absolute Gasteiger partial charge is 0.478 e. The summed E-state index contributed by atoms with van der Waals surface area (Å²) in [6.45, 7) is 4.91. The molecule has 1 fully saturated rings. The summed E-state index contributed by atoms with van der Waals surface area (Å²) in [6, 6.07) is 5.17. The molecular weight excluding hydrogens is 298 g/mol. The molecule has 1 aliphatic rings. The maximum absolute atomic E-state index is 10.9. The molecule has 1 aromatic rings. The van der Waals surface area contributed by atoms with Gasteiger partial charge < -0.3 is 15.2 Å². The highest BCUT2D eigenvalue weighted by molar-refractivity contribution is 9.10. The third kappa shape index (κ3) is 2.52. The Hall–Kier alpha value is -1.07. The molecule has 2 N–H and O–H groups in total. The number of carboxylic acids is 1. The van der Waals surface area contributed by atoms with E-state index in [-0.39, 0.29) is 17.2 Å². The van der Waals surface area contributed by atoms with Gasteiger partial charge in [0.2, 0.25) is 0 Å². The number of halogens is 1. The van der Waals surface area contributed by atoms with Crippen LogP contribution in [0.4, 0.5) is 5.69 Å². The Morgan fingerprint density at radius 3 is 2.83 bits per heavy atom. The molecule has 0 aliphatic carbocycles. The van der Waals surface area contributed by atoms with Crippen molar-refractivity contribution in [3.63, 3.8) is 0 Å². The highest BCUT2D eigenvalue weighted by Crippen LogP contribution is 2.31. The van der Waals surface area contributed by atoms with Crippen LogP contribution in [0.15, 0.2) is 22.7 Å². The molecule has 18 heavy (non-hydrogen) atoms. The molecule has 0 amide bonds. The second-order valence-corrected chi connectivity index (χ2v) is 5.66. The van der Waals surface area contributed by atoms with Crippen molar-refractivity contribution in [3.05, 3.63) is 28.2 Å². The van der Waals surface area contributed by atoms with Crippen molar-refractivity contribution in [1.29, 1.82) is 0 Å². The number of anilines is 1. The lowest BCUT2D eigenvalue weighted by Crippen LogP contribution is -2.41. The molecular formula is C13H16BrNO3. The fraction of sp³-hybridized carbons (Fsp3) is 0.462. The lowest BCUT2D eigenvalue weighted by Gasteiger charge is -2.30. The third-order valence-electron chi connectivity index (χ3n) is 3.52. The molecule has 2 atom stereocenters. The maximum Gasteiger partial charge on any atom is 0.336 e. The lowest BCUT2D eigenvalue weighted by molar-refractivity contribution is 0.0696. The molecule has 0 spiro atoms. The fourth-order valence-corrected chi connectivity index (χ4v) is 2.64. The van der Waals surface area contributed by atoms with Crippen LogP contribution in [0.25, 0.3) is 0 Å². The van der Waals surface area contributed by atoms with E-state index in [1.807, 2.05) is 6.92 Å². The monoisotopic (exact) mass is 313 g/mol. The van der Waals surface area contributed by atoms with E-state index in [1.54, 1.807) is 18.2 Å². The van der Waals surface area contributed by atoms with Gasteiger partial charge in [-0.3, -0.25) is 0 Å². The van der Waals surface area contributed by atoms with E-state index in [0.29, 0.717) is 4.47 Å². The zero-order valence-electron chi connectivity index (χ0n) is 10.4. The van der Waals surface area contributed by atoms with Crippen LogP contribution in [0.5, 0.6) is 0 Å². The molecule has 0 bridgehead atoms. The Balaban J connectivity index is 2.20. The van der Waals surface area contributed by atoms with Crippen molar-refractivity contribution in [3.8, 4) is 0 Å². The lowest BCUT2D eigenvalue weighted by atomic mass is 9.94. The first-order chi connectivity index (χ1) is 8.42. The van der Waals surface area contributed by atoms with Gasteiger partial charge in [-0.05, 0) is 54.4 Å². The van der Waals surface area contributed by atoms with Crippen LogP contribution < -0.4 is 5.32 Å². The zero-order valence-corrected chi connectivity index (χ0v) is 12.0. The number of ether oxygens (including phenoxy) is 1. The molecule has 5 heteroatoms. The van der Waals surface area contributed by atoms with Crippen LogP contribution in [0.3, 0.4) is 0 Å². The number of carbonyl (C=O) groups is 1. The van der Waals surface area contributed by atoms with Crippen molar-refractivity contribution in [2.75, 3.05) is 11.9 Å². The first kappa shape index (κ1) is 13.4. The van der Waals surface area contributed by atoms with Crippen LogP contribution in [0.1, 0.15) is 30.6 Å². The Kier molecular flexibility index (Phi) is 3.64. The quantitative estimate of drug-likeness (QED) is 0.900. The van der Waals surface area contributed by atoms with Crippen molar-refractivity contribution < 1.29 is 14.6 Å². The molecule has 1 heterocycles. The second-order valence-electron chi connectivity index (χ2n) is 4.81. The molecule has 98 valence electrons. The van der Waals surface area contributed by atoms with Gasteiger partial charge in [0.25, 0.3) is 0 Å². The summed E-state index contributed by atoms with van der Waals surface area (Å²) in [7, 11) is 0. The number of benzene rings is 1. The van der Waals surface area contributed by atoms with Crippen LogP contribution in [-0.2, 0) is 4.74 Å². The smallest absolute Gasteiger partial charge is 0.336 e. The van der Waals surface area contributed by atoms with Gasteiger partial charge in [-0.1, -0.05) is 0 Å². The molecule has 0 saturated carbocycles. The van der Waals surface area contributed by atoms with Crippen molar-refractivity contribution >= 4 is 27.6 Å². The van der Waals surface area contributed by atoms with Crippen molar-refractivity contribution in [1.82, 2.24) is 0 Å². The normalized spacial score (nSPS) is 27.2. The molecule has 4 nitrogen and oxygen atoms in total. The zero-order chi connectivity index (χ0) is 13.3. The fourth-order valence-electron chi connectivity index (χ4n) is 2.10. The highest BCUT2D eigenvalue weighted by atomic mass is 79.9. The molecule has 2 unspecified atom stereocenters. The summed E-state index contributed by atoms with van der Waals surface area (Å²) in [6.07, 6.45) is 1.07. The molecule has 1 aliphatic heterocycles. The minimum atomic E-state index is -0.933. The van der Waals surface area contributed by atoms with Gasteiger partial charge in [-0.2, -0.15) is 0 Å². The summed E-state index contributed by atoms with van der Waals surface area (Å²) in [5.74, 6) is -0.933. The molecule has 2 rings (SSSR count). The summed E-state index contributed by atoms with van der Waals surface area (Å²) in [4.78, 5) is 10.9. The first-order valence-electron chi connectivity index (χ1n) is 5.85. The standard InChI is InChI=1S/C13H16BrNO3/c1-8-13(2,5-6-18-8)15-9-3-4-10(12(16)17)11(14)7-9/h3-4,7-8,15H,5-6H2,1-2H3,(H,16,17). The van der Waals surface area contributed by atoms with Gasteiger partial charge in [-0.15, -0.1) is 0 Å². The van der Waals surface area contributed by atoms with Gasteiger partial charge in [0.05, 0.1) is 17.2 Å². The van der Waals surface area contributed by atoms with Gasteiger partial charge >= 0.3 is 5.97 Å². The Morgan fingerprint density at radius 2 is 2.33 bits per heavy atom. The number of rotatable bonds is 3. The van der Waals surface area contributed by atoms with E-state index in [9.17, 15) is 4.79 Å². The average Bonchev–Trinajstić information content (AvgIpc) is 2.58. The van der Waals surface area contributed by atoms with Crippen LogP contribution in [0.2, 0.25) is 0 Å². The van der Waals surface area contributed by atoms with E-state index in [2.05, 4.69) is 28.2 Å². The SMILES string of the molecule is CC1OCCC1(C)Nc1ccc(C(=O)O)c(Br)c1. The number of aromatic carboxylic acids is 1. The van der Waals surface area contributed by atoms with Gasteiger partial charge in [-0.25, -0.2) is 4.79 Å². The van der Waals surface area contributed by atoms with E-state index in [1.165, 1.54) is 0 Å². The minimum Gasteiger partial charge on any atom is -0.478 e. The Bertz CT molecular complexity index is 477. The molecule has 1 aromatic carbocycles. The minimum absolute atomic E-state index is 0.107. The van der Waals surface area contributed by atoms with E-state index < -0.39 is 5.97 Å². The van der Waals surface area contributed by atoms with Gasteiger partial charge in [0, 0.05) is 16.8 Å². The van der Waals surface area contributed by atoms with Gasteiger partial charge in [0.15, 0.2) is 0 Å². The molecule has 1 saturated heterocycles. The van der Waals surface area contributed by atoms with E-state index in [0.717, 1.165) is 18.7 Å². The first-order valence-corrected chi connectivity index (χ1v) is 6.64. The summed E-state index contributed by atoms with van der Waals surface area (Å²) < 4.78 is 6.14. The number of hydrogen-bond acceptors (Lipinski definition) is 3. The van der Waals surface area contributed by atoms with Crippen LogP contribution >= 0.6 is 15.9 Å². The predicted molar refractivity (Wildman–Crippen MR) is 73.2 cm³/mol. The number of hydrogen-bond donors (Lipinski definition) is 2. The average molecular weight is 314 g/mol. The van der Waals surface area contributed by atoms with E-state index in [4.69, 9.17) is 9.84 Å². The van der Waals surface area contributed by atoms with E-state index >= 15 is 0 Å². The van der Waals surface area contributed by atoms with Crippen LogP contribution in [0, 0.1) is 0 Å². The Morgan fingerprint density at radius 1 is 1.61 bits per heavy atom. The molecule has 0 radical (unpaired) electrons. The number of carboxylic acid groups (broad SMARTS) is 1. The predicted octanol–water partition coefficient (Wildman–Crippen LogP) is 3.13. The third-order valence-corrected chi connectivity index (χ3v) is 4.17. The van der Waals surface area contributed by atoms with Crippen molar-refractivity contribution in [2.45, 2.75) is 31.9 Å². The summed E-state index contributed by atoms with van der Waals surface area (Å²) >= 11 is 3.28. The summed E-state index contributed by atoms with van der Waals surface area (Å²) in [5.41, 5.74) is 1.05. The summed E-state index contributed by atoms with van der Waals surface area (Å²) in [5, 5.41) is 12.4. The van der Waals surface area contributed by atoms with Gasteiger partial charge in [0.1, 0.15) is 0 Å². The highest BCUT2D eigenvalue weighted by Gasteiger charge is 2.36. The second kappa shape index (κ2) is 4.90. The van der Waals surface area contributed by atoms with Crippen molar-refractivity contribution in [2.24, 2.45) is 0 Å².